The topological polar surface area (TPSA) is 78.9 Å². The maximum Gasteiger partial charge on any atom is 0.268 e. The van der Waals surface area contributed by atoms with Crippen LogP contribution in [0.5, 0.6) is 0 Å². The van der Waals surface area contributed by atoms with Crippen molar-refractivity contribution >= 4 is 67.6 Å². The molecule has 5 nitrogen and oxygen atoms in total. The fraction of sp³-hybridized carbons (Fsp3) is 0.0417. The van der Waals surface area contributed by atoms with E-state index in [1.165, 1.54) is 17.4 Å². The van der Waals surface area contributed by atoms with Crippen LogP contribution in [0, 0.1) is 11.3 Å². The van der Waals surface area contributed by atoms with Gasteiger partial charge in [-0.1, -0.05) is 51.3 Å². The third-order valence-corrected chi connectivity index (χ3v) is 6.60. The van der Waals surface area contributed by atoms with E-state index in [0.29, 0.717) is 33.1 Å². The van der Waals surface area contributed by atoms with Gasteiger partial charge in [0.15, 0.2) is 5.13 Å². The number of furan rings is 1. The van der Waals surface area contributed by atoms with Gasteiger partial charge in [-0.2, -0.15) is 5.26 Å². The van der Waals surface area contributed by atoms with Crippen molar-refractivity contribution in [1.82, 2.24) is 4.98 Å². The molecule has 1 amide bonds. The Kier molecular flexibility index (Phi) is 7.31. The number of aromatic nitrogens is 1. The van der Waals surface area contributed by atoms with E-state index in [0.717, 1.165) is 20.5 Å². The zero-order valence-corrected chi connectivity index (χ0v) is 20.7. The normalized spacial score (nSPS) is 11.3. The Bertz CT molecular complexity index is 1390. The largest absolute Gasteiger partial charge is 0.457 e. The summed E-state index contributed by atoms with van der Waals surface area (Å²) in [5.74, 6) is 0.464. The van der Waals surface area contributed by atoms with Crippen LogP contribution in [-0.4, -0.2) is 10.9 Å². The Balaban J connectivity index is 1.45. The minimum absolute atomic E-state index is 0.0960. The van der Waals surface area contributed by atoms with E-state index in [1.54, 1.807) is 36.5 Å². The lowest BCUT2D eigenvalue weighted by atomic mass is 10.1. The van der Waals surface area contributed by atoms with E-state index in [4.69, 9.17) is 27.6 Å². The maximum absolute atomic E-state index is 12.6. The zero-order chi connectivity index (χ0) is 23.4. The number of carbonyl (C=O) groups excluding carboxylic acids is 1. The molecule has 164 valence electrons. The van der Waals surface area contributed by atoms with E-state index in [9.17, 15) is 10.1 Å². The number of nitrogens with zero attached hydrogens (tertiary/aromatic N) is 2. The number of halogens is 3. The minimum atomic E-state index is -0.569. The lowest BCUT2D eigenvalue weighted by Crippen LogP contribution is -2.13. The van der Waals surface area contributed by atoms with Crippen molar-refractivity contribution in [2.24, 2.45) is 0 Å². The number of hydrogen-bond acceptors (Lipinski definition) is 5. The van der Waals surface area contributed by atoms with Crippen LogP contribution < -0.4 is 5.32 Å². The fourth-order valence-electron chi connectivity index (χ4n) is 2.97. The van der Waals surface area contributed by atoms with Gasteiger partial charge in [-0.05, 0) is 48.0 Å². The molecule has 0 saturated carbocycles. The first kappa shape index (κ1) is 23.3. The third kappa shape index (κ3) is 5.92. The number of carbonyl (C=O) groups is 1. The van der Waals surface area contributed by atoms with Crippen molar-refractivity contribution in [3.8, 4) is 17.4 Å². The molecule has 0 aliphatic rings. The third-order valence-electron chi connectivity index (χ3n) is 4.55. The summed E-state index contributed by atoms with van der Waals surface area (Å²) in [5, 5.41) is 13.7. The van der Waals surface area contributed by atoms with Crippen molar-refractivity contribution < 1.29 is 9.21 Å². The van der Waals surface area contributed by atoms with Crippen LogP contribution in [0.1, 0.15) is 16.2 Å². The standard InChI is InChI=1S/C24H14BrCl2N3O2S/c25-17-3-1-14(2-4-17)22-8-6-19(32-22)10-16(12-28)23(31)30-24-29-13-20(33-24)11-15-9-18(26)5-7-21(15)27/h1-10,13H,11H2,(H,29,30,31)/b16-10+. The summed E-state index contributed by atoms with van der Waals surface area (Å²) in [7, 11) is 0. The Morgan fingerprint density at radius 1 is 1.18 bits per heavy atom. The zero-order valence-electron chi connectivity index (χ0n) is 16.8. The van der Waals surface area contributed by atoms with E-state index in [1.807, 2.05) is 30.3 Å². The first-order valence-corrected chi connectivity index (χ1v) is 12.0. The van der Waals surface area contributed by atoms with Gasteiger partial charge in [-0.15, -0.1) is 11.3 Å². The molecule has 2 aromatic carbocycles. The van der Waals surface area contributed by atoms with Gasteiger partial charge in [-0.3, -0.25) is 10.1 Å². The molecule has 0 spiro atoms. The number of benzene rings is 2. The highest BCUT2D eigenvalue weighted by atomic mass is 79.9. The van der Waals surface area contributed by atoms with Crippen LogP contribution in [0.25, 0.3) is 17.4 Å². The second-order valence-electron chi connectivity index (χ2n) is 6.88. The van der Waals surface area contributed by atoms with Gasteiger partial charge in [0.2, 0.25) is 0 Å². The first-order valence-electron chi connectivity index (χ1n) is 9.59. The lowest BCUT2D eigenvalue weighted by Gasteiger charge is -2.02. The number of amides is 1. The second-order valence-corrected chi connectivity index (χ2v) is 9.75. The number of nitrogens with one attached hydrogen (secondary N) is 1. The Labute approximate surface area is 212 Å². The van der Waals surface area contributed by atoms with Gasteiger partial charge in [0, 0.05) is 43.7 Å². The molecule has 0 radical (unpaired) electrons. The SMILES string of the molecule is N#C/C(=C\c1ccc(-c2ccc(Br)cc2)o1)C(=O)Nc1ncc(Cc2cc(Cl)ccc2Cl)s1. The summed E-state index contributed by atoms with van der Waals surface area (Å²) < 4.78 is 6.74. The van der Waals surface area contributed by atoms with E-state index in [-0.39, 0.29) is 5.57 Å². The molecule has 0 saturated heterocycles. The number of hydrogen-bond donors (Lipinski definition) is 1. The second kappa shape index (κ2) is 10.4. The molecule has 0 atom stereocenters. The molecule has 1 N–H and O–H groups in total. The molecule has 2 heterocycles. The molecule has 33 heavy (non-hydrogen) atoms. The van der Waals surface area contributed by atoms with Crippen molar-refractivity contribution in [2.45, 2.75) is 6.42 Å². The van der Waals surface area contributed by atoms with Crippen molar-refractivity contribution in [3.63, 3.8) is 0 Å². The van der Waals surface area contributed by atoms with Gasteiger partial charge in [0.05, 0.1) is 0 Å². The average Bonchev–Trinajstić information content (AvgIpc) is 3.44. The molecule has 2 aromatic heterocycles. The van der Waals surface area contributed by atoms with Gasteiger partial charge in [0.1, 0.15) is 23.2 Å². The van der Waals surface area contributed by atoms with Crippen molar-refractivity contribution in [2.75, 3.05) is 5.32 Å². The van der Waals surface area contributed by atoms with Crippen LogP contribution in [0.2, 0.25) is 10.0 Å². The Morgan fingerprint density at radius 3 is 2.73 bits per heavy atom. The van der Waals surface area contributed by atoms with Gasteiger partial charge in [0.25, 0.3) is 5.91 Å². The van der Waals surface area contributed by atoms with Crippen LogP contribution in [0.15, 0.2) is 75.3 Å². The molecule has 9 heteroatoms. The van der Waals surface area contributed by atoms with Crippen LogP contribution in [0.3, 0.4) is 0 Å². The van der Waals surface area contributed by atoms with Crippen molar-refractivity contribution in [3.05, 3.63) is 97.1 Å². The lowest BCUT2D eigenvalue weighted by molar-refractivity contribution is -0.112. The van der Waals surface area contributed by atoms with Gasteiger partial charge < -0.3 is 4.42 Å². The molecular weight excluding hydrogens is 545 g/mol. The predicted molar refractivity (Wildman–Crippen MR) is 135 cm³/mol. The molecular formula is C24H14BrCl2N3O2S. The van der Waals surface area contributed by atoms with Crippen LogP contribution >= 0.6 is 50.5 Å². The molecule has 0 fully saturated rings. The average molecular weight is 559 g/mol. The fourth-order valence-corrected chi connectivity index (χ4v) is 4.44. The smallest absolute Gasteiger partial charge is 0.268 e. The highest BCUT2D eigenvalue weighted by molar-refractivity contribution is 9.10. The quantitative estimate of drug-likeness (QED) is 0.195. The monoisotopic (exact) mass is 557 g/mol. The van der Waals surface area contributed by atoms with E-state index in [2.05, 4.69) is 26.2 Å². The summed E-state index contributed by atoms with van der Waals surface area (Å²) in [6.07, 6.45) is 3.58. The highest BCUT2D eigenvalue weighted by Crippen LogP contribution is 2.28. The summed E-state index contributed by atoms with van der Waals surface area (Å²) in [4.78, 5) is 17.7. The Hall–Kier alpha value is -2.89. The van der Waals surface area contributed by atoms with Gasteiger partial charge >= 0.3 is 0 Å². The summed E-state index contributed by atoms with van der Waals surface area (Å²) >= 11 is 17.0. The molecule has 4 aromatic rings. The molecule has 0 bridgehead atoms. The summed E-state index contributed by atoms with van der Waals surface area (Å²) in [6, 6.07) is 18.3. The summed E-state index contributed by atoms with van der Waals surface area (Å²) in [6.45, 7) is 0. The highest BCUT2D eigenvalue weighted by Gasteiger charge is 2.14. The minimum Gasteiger partial charge on any atom is -0.457 e. The number of thiazole rings is 1. The molecule has 4 rings (SSSR count). The van der Waals surface area contributed by atoms with Crippen LogP contribution in [-0.2, 0) is 11.2 Å². The maximum atomic E-state index is 12.6. The van der Waals surface area contributed by atoms with Crippen LogP contribution in [0.4, 0.5) is 5.13 Å². The molecule has 0 aliphatic heterocycles. The van der Waals surface area contributed by atoms with E-state index >= 15 is 0 Å². The predicted octanol–water partition coefficient (Wildman–Crippen LogP) is 7.61. The van der Waals surface area contributed by atoms with Crippen molar-refractivity contribution in [1.29, 1.82) is 5.26 Å². The van der Waals surface area contributed by atoms with Gasteiger partial charge in [-0.25, -0.2) is 4.98 Å². The number of rotatable bonds is 6. The number of nitriles is 1. The first-order chi connectivity index (χ1) is 15.9. The summed E-state index contributed by atoms with van der Waals surface area (Å²) in [5.41, 5.74) is 1.65. The van der Waals surface area contributed by atoms with E-state index < -0.39 is 5.91 Å². The molecule has 0 unspecified atom stereocenters. The number of anilines is 1. The molecule has 0 aliphatic carbocycles. The Morgan fingerprint density at radius 2 is 1.97 bits per heavy atom.